The lowest BCUT2D eigenvalue weighted by Gasteiger charge is -2.17. The maximum atomic E-state index is 12.9. The van der Waals surface area contributed by atoms with Crippen molar-refractivity contribution >= 4 is 0 Å². The van der Waals surface area contributed by atoms with Crippen molar-refractivity contribution in [1.82, 2.24) is 5.32 Å². The Kier molecular flexibility index (Phi) is 3.55. The predicted octanol–water partition coefficient (Wildman–Crippen LogP) is 3.44. The van der Waals surface area contributed by atoms with Gasteiger partial charge < -0.3 is 5.32 Å². The predicted molar refractivity (Wildman–Crippen MR) is 68.5 cm³/mol. The molecule has 2 aromatic rings. The van der Waals surface area contributed by atoms with Gasteiger partial charge in [-0.3, -0.25) is 0 Å². The molecule has 1 unspecified atom stereocenters. The summed E-state index contributed by atoms with van der Waals surface area (Å²) in [5.41, 5.74) is 3.49. The van der Waals surface area contributed by atoms with E-state index in [-0.39, 0.29) is 11.9 Å². The number of hydrogen-bond donors (Lipinski definition) is 1. The highest BCUT2D eigenvalue weighted by atomic mass is 19.1. The highest BCUT2D eigenvalue weighted by Gasteiger charge is 2.11. The summed E-state index contributed by atoms with van der Waals surface area (Å²) < 4.78 is 12.9. The Bertz CT molecular complexity index is 428. The minimum Gasteiger partial charge on any atom is -0.309 e. The van der Waals surface area contributed by atoms with E-state index in [1.165, 1.54) is 23.3 Å². The molecule has 0 saturated heterocycles. The van der Waals surface area contributed by atoms with Crippen LogP contribution in [-0.2, 0) is 0 Å². The highest BCUT2D eigenvalue weighted by Crippen LogP contribution is 2.22. The van der Waals surface area contributed by atoms with E-state index in [9.17, 15) is 4.39 Å². The van der Waals surface area contributed by atoms with Gasteiger partial charge in [-0.25, -0.2) is 4.39 Å². The van der Waals surface area contributed by atoms with Gasteiger partial charge in [0.25, 0.3) is 0 Å². The van der Waals surface area contributed by atoms with E-state index in [0.717, 1.165) is 5.56 Å². The molecule has 88 valence electrons. The SMILES string of the molecule is CNC(c1ccc(C)cc1)c1ccc(F)cc1. The molecule has 0 radical (unpaired) electrons. The molecule has 0 amide bonds. The van der Waals surface area contributed by atoms with Crippen LogP contribution in [0.3, 0.4) is 0 Å². The van der Waals surface area contributed by atoms with E-state index in [1.807, 2.05) is 19.2 Å². The maximum absolute atomic E-state index is 12.9. The second kappa shape index (κ2) is 5.11. The van der Waals surface area contributed by atoms with E-state index in [4.69, 9.17) is 0 Å². The second-order valence-electron chi connectivity index (χ2n) is 4.18. The molecular formula is C15H16FN. The molecule has 2 aromatic carbocycles. The third-order valence-corrected chi connectivity index (χ3v) is 2.90. The molecule has 1 atom stereocenters. The van der Waals surface area contributed by atoms with Crippen LogP contribution < -0.4 is 5.32 Å². The normalized spacial score (nSPS) is 12.4. The Morgan fingerprint density at radius 2 is 1.35 bits per heavy atom. The van der Waals surface area contributed by atoms with Crippen LogP contribution in [0.2, 0.25) is 0 Å². The molecule has 0 fully saturated rings. The number of halogens is 1. The van der Waals surface area contributed by atoms with Crippen molar-refractivity contribution in [2.45, 2.75) is 13.0 Å². The average Bonchev–Trinajstić information content (AvgIpc) is 2.35. The first-order chi connectivity index (χ1) is 8.20. The van der Waals surface area contributed by atoms with Crippen molar-refractivity contribution in [3.63, 3.8) is 0 Å². The van der Waals surface area contributed by atoms with E-state index >= 15 is 0 Å². The van der Waals surface area contributed by atoms with Gasteiger partial charge in [-0.1, -0.05) is 42.0 Å². The molecule has 1 nitrogen and oxygen atoms in total. The van der Waals surface area contributed by atoms with Gasteiger partial charge in [0, 0.05) is 0 Å². The third-order valence-electron chi connectivity index (χ3n) is 2.90. The van der Waals surface area contributed by atoms with Crippen LogP contribution in [0.15, 0.2) is 48.5 Å². The van der Waals surface area contributed by atoms with Gasteiger partial charge >= 0.3 is 0 Å². The van der Waals surface area contributed by atoms with E-state index in [2.05, 4.69) is 36.5 Å². The number of hydrogen-bond acceptors (Lipinski definition) is 1. The zero-order valence-corrected chi connectivity index (χ0v) is 10.1. The molecule has 1 N–H and O–H groups in total. The van der Waals surface area contributed by atoms with Gasteiger partial charge in [0.05, 0.1) is 6.04 Å². The van der Waals surface area contributed by atoms with Crippen LogP contribution in [0.1, 0.15) is 22.7 Å². The number of rotatable bonds is 3. The van der Waals surface area contributed by atoms with Gasteiger partial charge in [-0.15, -0.1) is 0 Å². The molecule has 0 aliphatic rings. The highest BCUT2D eigenvalue weighted by molar-refractivity contribution is 5.33. The Morgan fingerprint density at radius 1 is 0.882 bits per heavy atom. The summed E-state index contributed by atoms with van der Waals surface area (Å²) in [6, 6.07) is 15.1. The number of nitrogens with one attached hydrogen (secondary N) is 1. The summed E-state index contributed by atoms with van der Waals surface area (Å²) in [6.07, 6.45) is 0. The zero-order chi connectivity index (χ0) is 12.3. The summed E-state index contributed by atoms with van der Waals surface area (Å²) in [6.45, 7) is 2.07. The molecule has 2 rings (SSSR count). The summed E-state index contributed by atoms with van der Waals surface area (Å²) >= 11 is 0. The van der Waals surface area contributed by atoms with Gasteiger partial charge in [-0.2, -0.15) is 0 Å². The Hall–Kier alpha value is -1.67. The average molecular weight is 229 g/mol. The summed E-state index contributed by atoms with van der Waals surface area (Å²) in [5.74, 6) is -0.201. The van der Waals surface area contributed by atoms with Crippen LogP contribution in [0, 0.1) is 12.7 Å². The van der Waals surface area contributed by atoms with Gasteiger partial charge in [0.1, 0.15) is 5.82 Å². The van der Waals surface area contributed by atoms with E-state index in [1.54, 1.807) is 0 Å². The van der Waals surface area contributed by atoms with Crippen molar-refractivity contribution < 1.29 is 4.39 Å². The molecule has 0 aliphatic heterocycles. The lowest BCUT2D eigenvalue weighted by atomic mass is 9.98. The van der Waals surface area contributed by atoms with Crippen molar-refractivity contribution in [1.29, 1.82) is 0 Å². The Labute approximate surface area is 101 Å². The van der Waals surface area contributed by atoms with Crippen molar-refractivity contribution in [2.75, 3.05) is 7.05 Å². The van der Waals surface area contributed by atoms with Crippen molar-refractivity contribution in [3.8, 4) is 0 Å². The molecule has 0 bridgehead atoms. The summed E-state index contributed by atoms with van der Waals surface area (Å²) in [7, 11) is 1.91. The van der Waals surface area contributed by atoms with Crippen LogP contribution in [0.25, 0.3) is 0 Å². The monoisotopic (exact) mass is 229 g/mol. The fourth-order valence-electron chi connectivity index (χ4n) is 1.94. The Balaban J connectivity index is 2.33. The molecule has 0 saturated carbocycles. The lowest BCUT2D eigenvalue weighted by Crippen LogP contribution is -2.17. The van der Waals surface area contributed by atoms with E-state index in [0.29, 0.717) is 0 Å². The molecule has 0 aliphatic carbocycles. The smallest absolute Gasteiger partial charge is 0.123 e. The van der Waals surface area contributed by atoms with Gasteiger partial charge in [0.2, 0.25) is 0 Å². The molecule has 17 heavy (non-hydrogen) atoms. The van der Waals surface area contributed by atoms with Crippen molar-refractivity contribution in [2.24, 2.45) is 0 Å². The quantitative estimate of drug-likeness (QED) is 0.850. The first-order valence-electron chi connectivity index (χ1n) is 5.70. The topological polar surface area (TPSA) is 12.0 Å². The van der Waals surface area contributed by atoms with Gasteiger partial charge in [0.15, 0.2) is 0 Å². The number of benzene rings is 2. The molecule has 0 aromatic heterocycles. The third kappa shape index (κ3) is 2.71. The van der Waals surface area contributed by atoms with Gasteiger partial charge in [-0.05, 0) is 37.2 Å². The van der Waals surface area contributed by atoms with Crippen LogP contribution in [0.4, 0.5) is 4.39 Å². The second-order valence-corrected chi connectivity index (χ2v) is 4.18. The first-order valence-corrected chi connectivity index (χ1v) is 5.70. The fourth-order valence-corrected chi connectivity index (χ4v) is 1.94. The standard InChI is InChI=1S/C15H16FN/c1-11-3-5-12(6-4-11)15(17-2)13-7-9-14(16)10-8-13/h3-10,15,17H,1-2H3. The van der Waals surface area contributed by atoms with Crippen LogP contribution in [0.5, 0.6) is 0 Å². The van der Waals surface area contributed by atoms with Crippen LogP contribution >= 0.6 is 0 Å². The Morgan fingerprint density at radius 3 is 1.82 bits per heavy atom. The summed E-state index contributed by atoms with van der Waals surface area (Å²) in [4.78, 5) is 0. The number of aryl methyl sites for hydroxylation is 1. The minimum absolute atomic E-state index is 0.108. The van der Waals surface area contributed by atoms with Crippen molar-refractivity contribution in [3.05, 3.63) is 71.0 Å². The largest absolute Gasteiger partial charge is 0.309 e. The molecule has 0 heterocycles. The zero-order valence-electron chi connectivity index (χ0n) is 10.1. The lowest BCUT2D eigenvalue weighted by molar-refractivity contribution is 0.623. The minimum atomic E-state index is -0.201. The van der Waals surface area contributed by atoms with E-state index < -0.39 is 0 Å². The summed E-state index contributed by atoms with van der Waals surface area (Å²) in [5, 5.41) is 3.25. The maximum Gasteiger partial charge on any atom is 0.123 e. The molecule has 2 heteroatoms. The molecular weight excluding hydrogens is 213 g/mol. The van der Waals surface area contributed by atoms with Crippen LogP contribution in [-0.4, -0.2) is 7.05 Å². The fraction of sp³-hybridized carbons (Fsp3) is 0.200. The first kappa shape index (κ1) is 11.8. The molecule has 0 spiro atoms.